The maximum Gasteiger partial charge on any atom is 0.0565 e. The first kappa shape index (κ1) is 7.96. The summed E-state index contributed by atoms with van der Waals surface area (Å²) in [5.41, 5.74) is 0. The Morgan fingerprint density at radius 2 is 1.88 bits per heavy atom. The van der Waals surface area contributed by atoms with Crippen LogP contribution < -0.4 is 0 Å². The van der Waals surface area contributed by atoms with Gasteiger partial charge in [0.2, 0.25) is 0 Å². The molecule has 2 unspecified atom stereocenters. The van der Waals surface area contributed by atoms with E-state index in [1.165, 1.54) is 0 Å². The Morgan fingerprint density at radius 1 is 1.38 bits per heavy atom. The number of aliphatic hydroxyl groups excluding tert-OH is 1. The van der Waals surface area contributed by atoms with E-state index in [4.69, 9.17) is 5.11 Å². The molecule has 0 aromatic rings. The zero-order valence-corrected chi connectivity index (χ0v) is 5.72. The monoisotopic (exact) mass is 115 g/mol. The average Bonchev–Trinajstić information content (AvgIpc) is 1.84. The van der Waals surface area contributed by atoms with E-state index in [2.05, 4.69) is 6.92 Å². The lowest BCUT2D eigenvalue weighted by Crippen LogP contribution is -2.15. The van der Waals surface area contributed by atoms with Gasteiger partial charge in [-0.05, 0) is 19.3 Å². The third-order valence-electron chi connectivity index (χ3n) is 1.49. The van der Waals surface area contributed by atoms with Gasteiger partial charge in [-0.2, -0.15) is 0 Å². The molecule has 0 aromatic carbocycles. The Labute approximate surface area is 51.7 Å². The van der Waals surface area contributed by atoms with E-state index in [-0.39, 0.29) is 12.0 Å². The van der Waals surface area contributed by atoms with E-state index in [1.54, 1.807) is 0 Å². The summed E-state index contributed by atoms with van der Waals surface area (Å²) in [5, 5.41) is 9.06. The van der Waals surface area contributed by atoms with Crippen molar-refractivity contribution in [3.63, 3.8) is 0 Å². The predicted molar refractivity (Wildman–Crippen MR) is 35.4 cm³/mol. The van der Waals surface area contributed by atoms with E-state index in [1.807, 2.05) is 13.8 Å². The Bertz CT molecular complexity index is 44.3. The van der Waals surface area contributed by atoms with Crippen LogP contribution in [0.2, 0.25) is 0 Å². The van der Waals surface area contributed by atoms with Gasteiger partial charge in [0.05, 0.1) is 6.10 Å². The lowest BCUT2D eigenvalue weighted by atomic mass is 10.0. The first-order valence-electron chi connectivity index (χ1n) is 3.23. The van der Waals surface area contributed by atoms with Gasteiger partial charge in [-0.1, -0.05) is 20.3 Å². The second-order valence-electron chi connectivity index (χ2n) is 2.14. The van der Waals surface area contributed by atoms with Gasteiger partial charge in [0.25, 0.3) is 0 Å². The summed E-state index contributed by atoms with van der Waals surface area (Å²) < 4.78 is 0. The molecule has 2 atom stereocenters. The third kappa shape index (κ3) is 2.31. The maximum atomic E-state index is 9.06. The van der Waals surface area contributed by atoms with E-state index < -0.39 is 0 Å². The van der Waals surface area contributed by atoms with Crippen molar-refractivity contribution in [2.75, 3.05) is 0 Å². The highest BCUT2D eigenvalue weighted by molar-refractivity contribution is 4.66. The van der Waals surface area contributed by atoms with Gasteiger partial charge in [0.1, 0.15) is 0 Å². The molecule has 0 bridgehead atoms. The Kier molecular flexibility index (Phi) is 3.88. The molecule has 1 N–H and O–H groups in total. The summed E-state index contributed by atoms with van der Waals surface area (Å²) in [4.78, 5) is 0. The molecule has 0 heterocycles. The van der Waals surface area contributed by atoms with Crippen molar-refractivity contribution in [2.24, 2.45) is 5.92 Å². The predicted octanol–water partition coefficient (Wildman–Crippen LogP) is 1.62. The van der Waals surface area contributed by atoms with E-state index in [9.17, 15) is 0 Å². The molecule has 1 radical (unpaired) electrons. The number of hydrogen-bond donors (Lipinski definition) is 1. The molecule has 0 aliphatic carbocycles. The minimum atomic E-state index is -0.194. The number of aliphatic hydroxyl groups is 1. The van der Waals surface area contributed by atoms with Gasteiger partial charge < -0.3 is 5.11 Å². The third-order valence-corrected chi connectivity index (χ3v) is 1.49. The van der Waals surface area contributed by atoms with E-state index >= 15 is 0 Å². The van der Waals surface area contributed by atoms with Crippen molar-refractivity contribution in [1.29, 1.82) is 0 Å². The Hall–Kier alpha value is -0.0400. The van der Waals surface area contributed by atoms with Crippen LogP contribution in [0.25, 0.3) is 0 Å². The summed E-state index contributed by atoms with van der Waals surface area (Å²) in [6, 6.07) is 0. The molecular formula is C7H15O. The molecule has 0 saturated carbocycles. The topological polar surface area (TPSA) is 20.2 Å². The molecule has 1 nitrogen and oxygen atoms in total. The van der Waals surface area contributed by atoms with Crippen molar-refractivity contribution in [3.05, 3.63) is 6.92 Å². The highest BCUT2D eigenvalue weighted by Crippen LogP contribution is 2.08. The second kappa shape index (κ2) is 3.90. The quantitative estimate of drug-likeness (QED) is 0.592. The first-order valence-corrected chi connectivity index (χ1v) is 3.23. The first-order chi connectivity index (χ1) is 3.72. The van der Waals surface area contributed by atoms with Crippen LogP contribution in [0.5, 0.6) is 0 Å². The van der Waals surface area contributed by atoms with Crippen molar-refractivity contribution < 1.29 is 5.11 Å². The van der Waals surface area contributed by atoms with Crippen molar-refractivity contribution >= 4 is 0 Å². The van der Waals surface area contributed by atoms with Crippen LogP contribution in [0.1, 0.15) is 26.7 Å². The number of rotatable bonds is 3. The Balaban J connectivity index is 3.29. The molecule has 49 valence electrons. The standard InChI is InChI=1S/C7H15O/c1-4-6(3)7(8)5-2/h6-8H,3-5H2,1-2H3. The largest absolute Gasteiger partial charge is 0.393 e. The average molecular weight is 115 g/mol. The van der Waals surface area contributed by atoms with Crippen molar-refractivity contribution in [2.45, 2.75) is 32.8 Å². The molecular weight excluding hydrogens is 100 g/mol. The fraction of sp³-hybridized carbons (Fsp3) is 0.857. The van der Waals surface area contributed by atoms with Gasteiger partial charge in [-0.3, -0.25) is 0 Å². The van der Waals surface area contributed by atoms with Crippen LogP contribution in [0.3, 0.4) is 0 Å². The zero-order valence-electron chi connectivity index (χ0n) is 5.72. The second-order valence-corrected chi connectivity index (χ2v) is 2.14. The molecule has 0 rings (SSSR count). The minimum absolute atomic E-state index is 0.194. The van der Waals surface area contributed by atoms with E-state index in [0.29, 0.717) is 0 Å². The summed E-state index contributed by atoms with van der Waals surface area (Å²) >= 11 is 0. The molecule has 0 aromatic heterocycles. The zero-order chi connectivity index (χ0) is 6.57. The van der Waals surface area contributed by atoms with Gasteiger partial charge >= 0.3 is 0 Å². The van der Waals surface area contributed by atoms with E-state index in [0.717, 1.165) is 12.8 Å². The molecule has 0 amide bonds. The van der Waals surface area contributed by atoms with Crippen LogP contribution in [-0.4, -0.2) is 11.2 Å². The lowest BCUT2D eigenvalue weighted by molar-refractivity contribution is 0.123. The molecule has 0 aliphatic heterocycles. The minimum Gasteiger partial charge on any atom is -0.393 e. The lowest BCUT2D eigenvalue weighted by Gasteiger charge is -2.13. The van der Waals surface area contributed by atoms with Crippen LogP contribution >= 0.6 is 0 Å². The maximum absolute atomic E-state index is 9.06. The Morgan fingerprint density at radius 3 is 2.00 bits per heavy atom. The molecule has 8 heavy (non-hydrogen) atoms. The van der Waals surface area contributed by atoms with Crippen molar-refractivity contribution in [1.82, 2.24) is 0 Å². The van der Waals surface area contributed by atoms with Crippen LogP contribution in [0.15, 0.2) is 0 Å². The van der Waals surface area contributed by atoms with Crippen LogP contribution in [0, 0.1) is 12.8 Å². The summed E-state index contributed by atoms with van der Waals surface area (Å²) in [5.74, 6) is 0.222. The van der Waals surface area contributed by atoms with Crippen LogP contribution in [-0.2, 0) is 0 Å². The summed E-state index contributed by atoms with van der Waals surface area (Å²) in [7, 11) is 0. The molecule has 0 fully saturated rings. The molecule has 0 aliphatic rings. The van der Waals surface area contributed by atoms with Crippen molar-refractivity contribution in [3.8, 4) is 0 Å². The molecule has 1 heteroatoms. The van der Waals surface area contributed by atoms with Crippen LogP contribution in [0.4, 0.5) is 0 Å². The molecule has 0 saturated heterocycles. The smallest absolute Gasteiger partial charge is 0.0565 e. The highest BCUT2D eigenvalue weighted by Gasteiger charge is 2.07. The summed E-state index contributed by atoms with van der Waals surface area (Å²) in [6.07, 6.45) is 1.59. The molecule has 0 spiro atoms. The highest BCUT2D eigenvalue weighted by atomic mass is 16.3. The van der Waals surface area contributed by atoms with Gasteiger partial charge in [0.15, 0.2) is 0 Å². The van der Waals surface area contributed by atoms with Gasteiger partial charge in [0, 0.05) is 0 Å². The SMILES string of the molecule is [CH2]C(CC)C(O)CC. The summed E-state index contributed by atoms with van der Waals surface area (Å²) in [6.45, 7) is 7.79. The normalized spacial score (nSPS) is 18.0. The number of hydrogen-bond acceptors (Lipinski definition) is 1. The fourth-order valence-electron chi connectivity index (χ4n) is 0.605. The fourth-order valence-corrected chi connectivity index (χ4v) is 0.605. The van der Waals surface area contributed by atoms with Gasteiger partial charge in [-0.25, -0.2) is 0 Å². The van der Waals surface area contributed by atoms with Gasteiger partial charge in [-0.15, -0.1) is 0 Å².